The van der Waals surface area contributed by atoms with Crippen molar-refractivity contribution in [2.75, 3.05) is 6.23 Å². The first-order valence-electron chi connectivity index (χ1n) is 5.32. The summed E-state index contributed by atoms with van der Waals surface area (Å²) in [4.78, 5) is 10.0. The Bertz CT molecular complexity index is 498. The maximum absolute atomic E-state index is 10.5. The lowest BCUT2D eigenvalue weighted by Gasteiger charge is -2.21. The van der Waals surface area contributed by atoms with Gasteiger partial charge in [0.15, 0.2) is 0 Å². The fourth-order valence-corrected chi connectivity index (χ4v) is 4.11. The second kappa shape index (κ2) is 6.61. The smallest absolute Gasteiger partial charge is 0.269 e. The zero-order valence-corrected chi connectivity index (χ0v) is 13.6. The Morgan fingerprint density at radius 2 is 1.79 bits per heavy atom. The van der Waals surface area contributed by atoms with Gasteiger partial charge >= 0.3 is 0 Å². The van der Waals surface area contributed by atoms with Crippen LogP contribution in [0.25, 0.3) is 0 Å². The molecule has 0 saturated carbocycles. The van der Waals surface area contributed by atoms with Gasteiger partial charge in [-0.3, -0.25) is 10.1 Å². The highest BCUT2D eigenvalue weighted by molar-refractivity contribution is 6.94. The number of ether oxygens (including phenoxy) is 1. The number of nitrogens with zero attached hydrogens (tertiary/aromatic N) is 1. The predicted octanol–water partition coefficient (Wildman–Crippen LogP) is 4.65. The molecule has 0 aliphatic heterocycles. The van der Waals surface area contributed by atoms with E-state index < -0.39 is 13.0 Å². The van der Waals surface area contributed by atoms with Gasteiger partial charge in [-0.25, -0.2) is 0 Å². The van der Waals surface area contributed by atoms with Crippen LogP contribution in [0.2, 0.25) is 13.1 Å². The van der Waals surface area contributed by atoms with Gasteiger partial charge in [0, 0.05) is 16.8 Å². The van der Waals surface area contributed by atoms with Crippen LogP contribution in [0.5, 0.6) is 5.75 Å². The summed E-state index contributed by atoms with van der Waals surface area (Å²) in [5.41, 5.74) is 0.0191. The number of hydrogen-bond acceptors (Lipinski definition) is 3. The monoisotopic (exact) mass is 339 g/mol. The van der Waals surface area contributed by atoms with Crippen LogP contribution < -0.4 is 4.74 Å². The number of nitro benzene ring substituents is 1. The summed E-state index contributed by atoms with van der Waals surface area (Å²) in [5.74, 6) is 0.543. The van der Waals surface area contributed by atoms with Gasteiger partial charge < -0.3 is 4.74 Å². The van der Waals surface area contributed by atoms with Gasteiger partial charge in [-0.15, -0.1) is 0 Å². The Hall–Kier alpha value is -0.753. The number of benzene rings is 1. The van der Waals surface area contributed by atoms with Crippen molar-refractivity contribution in [3.8, 4) is 5.75 Å². The lowest BCUT2D eigenvalue weighted by Crippen LogP contribution is -2.35. The summed E-state index contributed by atoms with van der Waals surface area (Å²) in [7, 11) is -2.06. The number of nitro groups is 1. The first-order chi connectivity index (χ1) is 8.74. The van der Waals surface area contributed by atoms with Crippen LogP contribution in [-0.2, 0) is 0 Å². The van der Waals surface area contributed by atoms with E-state index in [1.54, 1.807) is 12.1 Å². The molecular formula is C11H12Cl3NO3Si. The van der Waals surface area contributed by atoms with Crippen molar-refractivity contribution >= 4 is 48.6 Å². The fourth-order valence-electron chi connectivity index (χ4n) is 1.25. The van der Waals surface area contributed by atoms with Crippen LogP contribution in [0.4, 0.5) is 5.69 Å². The van der Waals surface area contributed by atoms with E-state index in [9.17, 15) is 10.1 Å². The van der Waals surface area contributed by atoms with Gasteiger partial charge in [-0.2, -0.15) is 0 Å². The van der Waals surface area contributed by atoms with E-state index in [1.807, 2.05) is 13.1 Å². The molecule has 0 radical (unpaired) electrons. The minimum absolute atomic E-state index is 0.0191. The van der Waals surface area contributed by atoms with Crippen LogP contribution in [0.1, 0.15) is 0 Å². The highest BCUT2D eigenvalue weighted by atomic mass is 35.5. The van der Waals surface area contributed by atoms with Crippen molar-refractivity contribution in [2.45, 2.75) is 13.1 Å². The first kappa shape index (κ1) is 16.3. The Kier molecular flexibility index (Phi) is 5.67. The molecule has 0 fully saturated rings. The molecule has 0 bridgehead atoms. The average Bonchev–Trinajstić information content (AvgIpc) is 2.35. The minimum Gasteiger partial charge on any atom is -0.497 e. The molecule has 19 heavy (non-hydrogen) atoms. The molecule has 104 valence electrons. The maximum Gasteiger partial charge on any atom is 0.269 e. The van der Waals surface area contributed by atoms with Crippen LogP contribution in [-0.4, -0.2) is 19.2 Å². The zero-order valence-electron chi connectivity index (χ0n) is 10.3. The van der Waals surface area contributed by atoms with E-state index in [0.29, 0.717) is 16.6 Å². The number of halogens is 3. The summed E-state index contributed by atoms with van der Waals surface area (Å²) in [6.45, 7) is 3.93. The van der Waals surface area contributed by atoms with Gasteiger partial charge in [-0.1, -0.05) is 47.9 Å². The van der Waals surface area contributed by atoms with E-state index in [1.165, 1.54) is 12.1 Å². The highest BCUT2D eigenvalue weighted by Gasteiger charge is 2.28. The third kappa shape index (κ3) is 4.69. The molecule has 0 aliphatic carbocycles. The summed E-state index contributed by atoms with van der Waals surface area (Å²) in [6, 6.07) is 5.86. The van der Waals surface area contributed by atoms with E-state index in [0.717, 1.165) is 0 Å². The van der Waals surface area contributed by atoms with Gasteiger partial charge in [0.05, 0.1) is 11.2 Å². The Labute approximate surface area is 127 Å². The Morgan fingerprint density at radius 3 is 2.21 bits per heavy atom. The van der Waals surface area contributed by atoms with E-state index in [-0.39, 0.29) is 10.2 Å². The molecule has 1 rings (SSSR count). The number of non-ortho nitro benzene ring substituents is 1. The quantitative estimate of drug-likeness (QED) is 0.445. The van der Waals surface area contributed by atoms with Crippen LogP contribution in [0.15, 0.2) is 33.4 Å². The minimum atomic E-state index is -2.06. The SMILES string of the molecule is C[Si](C)(COc1ccc([N+](=O)[O-])cc1)C(Cl)=C(Cl)Cl. The van der Waals surface area contributed by atoms with E-state index >= 15 is 0 Å². The van der Waals surface area contributed by atoms with E-state index in [2.05, 4.69) is 0 Å². The fraction of sp³-hybridized carbons (Fsp3) is 0.273. The Balaban J connectivity index is 2.72. The topological polar surface area (TPSA) is 52.4 Å². The summed E-state index contributed by atoms with van der Waals surface area (Å²) >= 11 is 17.4. The lowest BCUT2D eigenvalue weighted by molar-refractivity contribution is -0.384. The van der Waals surface area contributed by atoms with Crippen LogP contribution in [0, 0.1) is 10.1 Å². The van der Waals surface area contributed by atoms with Gasteiger partial charge in [0.25, 0.3) is 5.69 Å². The first-order valence-corrected chi connectivity index (χ1v) is 9.66. The molecule has 0 saturated heterocycles. The second-order valence-electron chi connectivity index (χ2n) is 4.50. The molecule has 0 spiro atoms. The number of hydrogen-bond donors (Lipinski definition) is 0. The molecule has 0 heterocycles. The Morgan fingerprint density at radius 1 is 1.26 bits per heavy atom. The molecule has 0 N–H and O–H groups in total. The summed E-state index contributed by atoms with van der Waals surface area (Å²) < 4.78 is 6.08. The molecular weight excluding hydrogens is 329 g/mol. The van der Waals surface area contributed by atoms with Crippen LogP contribution >= 0.6 is 34.8 Å². The molecule has 0 amide bonds. The van der Waals surface area contributed by atoms with Crippen molar-refractivity contribution < 1.29 is 9.66 Å². The molecule has 4 nitrogen and oxygen atoms in total. The number of rotatable bonds is 5. The van der Waals surface area contributed by atoms with Crippen LogP contribution in [0.3, 0.4) is 0 Å². The summed E-state index contributed by atoms with van der Waals surface area (Å²) in [6.07, 6.45) is 0.382. The van der Waals surface area contributed by atoms with Gasteiger partial charge in [0.1, 0.15) is 18.3 Å². The lowest BCUT2D eigenvalue weighted by atomic mass is 10.3. The largest absolute Gasteiger partial charge is 0.497 e. The molecule has 1 aromatic carbocycles. The van der Waals surface area contributed by atoms with Crippen molar-refractivity contribution in [1.82, 2.24) is 0 Å². The van der Waals surface area contributed by atoms with Gasteiger partial charge in [-0.05, 0) is 12.1 Å². The normalized spacial score (nSPS) is 11.0. The molecule has 1 aromatic rings. The van der Waals surface area contributed by atoms with Gasteiger partial charge in [0.2, 0.25) is 0 Å². The standard InChI is InChI=1S/C11H12Cl3NO3Si/c1-19(2,11(14)10(12)13)7-18-9-5-3-8(4-6-9)15(16)17/h3-6H,7H2,1-2H3. The van der Waals surface area contributed by atoms with Crippen molar-refractivity contribution in [3.05, 3.63) is 43.5 Å². The second-order valence-corrected chi connectivity index (χ2v) is 10.7. The van der Waals surface area contributed by atoms with E-state index in [4.69, 9.17) is 39.5 Å². The van der Waals surface area contributed by atoms with Crippen molar-refractivity contribution in [2.24, 2.45) is 0 Å². The third-order valence-corrected chi connectivity index (χ3v) is 7.32. The van der Waals surface area contributed by atoms with Crippen molar-refractivity contribution in [3.63, 3.8) is 0 Å². The molecule has 0 aromatic heterocycles. The third-order valence-electron chi connectivity index (χ3n) is 2.41. The molecule has 0 aliphatic rings. The predicted molar refractivity (Wildman–Crippen MR) is 80.7 cm³/mol. The average molecular weight is 341 g/mol. The molecule has 0 atom stereocenters. The highest BCUT2D eigenvalue weighted by Crippen LogP contribution is 2.28. The van der Waals surface area contributed by atoms with Crippen molar-refractivity contribution in [1.29, 1.82) is 0 Å². The maximum atomic E-state index is 10.5. The molecule has 0 unspecified atom stereocenters. The molecule has 8 heteroatoms. The summed E-state index contributed by atoms with van der Waals surface area (Å²) in [5, 5.41) is 10.5. The zero-order chi connectivity index (χ0) is 14.6.